The smallest absolute Gasteiger partial charge is 0.267 e. The monoisotopic (exact) mass is 675 g/mol. The van der Waals surface area contributed by atoms with E-state index in [1.807, 2.05) is 37.3 Å². The summed E-state index contributed by atoms with van der Waals surface area (Å²) in [6, 6.07) is 23.2. The van der Waals surface area contributed by atoms with E-state index >= 15 is 0 Å². The zero-order valence-corrected chi connectivity index (χ0v) is 27.1. The quantitative estimate of drug-likeness (QED) is 0.0884. The van der Waals surface area contributed by atoms with Gasteiger partial charge in [-0.3, -0.25) is 19.1 Å². The second kappa shape index (κ2) is 13.1. The van der Waals surface area contributed by atoms with Crippen molar-refractivity contribution in [2.45, 2.75) is 31.6 Å². The first-order chi connectivity index (χ1) is 20.9. The predicted molar refractivity (Wildman–Crippen MR) is 176 cm³/mol. The van der Waals surface area contributed by atoms with Crippen LogP contribution in [0, 0.1) is 0 Å². The molecule has 0 bridgehead atoms. The van der Waals surface area contributed by atoms with Gasteiger partial charge in [-0.05, 0) is 82.9 Å². The highest BCUT2D eigenvalue weighted by molar-refractivity contribution is 9.10. The first-order valence-corrected chi connectivity index (χ1v) is 16.6. The van der Waals surface area contributed by atoms with E-state index in [-0.39, 0.29) is 17.1 Å². The number of carbonyl (C=O) groups excluding carboxylic acids is 1. The van der Waals surface area contributed by atoms with Crippen molar-refractivity contribution >= 4 is 55.0 Å². The Labute approximate surface area is 266 Å². The summed E-state index contributed by atoms with van der Waals surface area (Å²) < 4.78 is 13.3. The first kappa shape index (κ1) is 29.6. The molecule has 43 heavy (non-hydrogen) atoms. The average Bonchev–Trinajstić information content (AvgIpc) is 3.39. The minimum absolute atomic E-state index is 0.0667. The normalized spacial score (nSPS) is 13.2. The number of fused-ring (bicyclic) bond motifs is 3. The van der Waals surface area contributed by atoms with Gasteiger partial charge in [0.2, 0.25) is 0 Å². The van der Waals surface area contributed by atoms with Crippen LogP contribution in [0.15, 0.2) is 87.2 Å². The van der Waals surface area contributed by atoms with Crippen LogP contribution in [0.4, 0.5) is 0 Å². The molecule has 0 aliphatic carbocycles. The van der Waals surface area contributed by atoms with Gasteiger partial charge in [0, 0.05) is 30.1 Å². The Morgan fingerprint density at radius 1 is 1.09 bits per heavy atom. The molecule has 0 unspecified atom stereocenters. The van der Waals surface area contributed by atoms with Crippen LogP contribution < -0.4 is 15.0 Å². The highest BCUT2D eigenvalue weighted by Crippen LogP contribution is 2.35. The van der Waals surface area contributed by atoms with Gasteiger partial charge in [-0.1, -0.05) is 42.1 Å². The maximum atomic E-state index is 14.3. The molecule has 1 aliphatic rings. The Bertz CT molecular complexity index is 1840. The van der Waals surface area contributed by atoms with Gasteiger partial charge in [-0.15, -0.1) is 11.3 Å². The molecule has 5 aromatic rings. The van der Waals surface area contributed by atoms with Crippen LogP contribution in [0.2, 0.25) is 0 Å². The summed E-state index contributed by atoms with van der Waals surface area (Å²) in [6.07, 6.45) is 0.791. The van der Waals surface area contributed by atoms with Crippen LogP contribution in [0.5, 0.6) is 11.5 Å². The molecule has 6 rings (SSSR count). The molecule has 0 N–H and O–H groups in total. The molecule has 10 heteroatoms. The number of Topliss-reactive ketones (excluding diaryl/α,β-unsaturated/α-hetero) is 1. The third-order valence-corrected chi connectivity index (χ3v) is 10.1. The van der Waals surface area contributed by atoms with Crippen molar-refractivity contribution < 1.29 is 14.3 Å². The number of halogens is 1. The summed E-state index contributed by atoms with van der Waals surface area (Å²) in [7, 11) is 1.59. The first-order valence-electron chi connectivity index (χ1n) is 14.0. The van der Waals surface area contributed by atoms with E-state index in [0.717, 1.165) is 42.2 Å². The van der Waals surface area contributed by atoms with Crippen molar-refractivity contribution in [1.29, 1.82) is 0 Å². The van der Waals surface area contributed by atoms with Gasteiger partial charge in [0.05, 0.1) is 35.0 Å². The fraction of sp³-hybridized carbons (Fsp3) is 0.242. The maximum Gasteiger partial charge on any atom is 0.267 e. The average molecular weight is 677 g/mol. The van der Waals surface area contributed by atoms with Gasteiger partial charge in [0.1, 0.15) is 16.3 Å². The lowest BCUT2D eigenvalue weighted by Gasteiger charge is -2.26. The molecule has 0 atom stereocenters. The third-order valence-electron chi connectivity index (χ3n) is 7.38. The molecular weight excluding hydrogens is 646 g/mol. The molecule has 3 aromatic carbocycles. The Kier molecular flexibility index (Phi) is 8.99. The summed E-state index contributed by atoms with van der Waals surface area (Å²) >= 11 is 6.32. The molecule has 0 fully saturated rings. The van der Waals surface area contributed by atoms with Crippen molar-refractivity contribution in [1.82, 2.24) is 14.5 Å². The summed E-state index contributed by atoms with van der Waals surface area (Å²) in [6.45, 7) is 5.01. The number of methoxy groups -OCH3 is 1. The molecular formula is C33H30BrN3O4S2. The van der Waals surface area contributed by atoms with Crippen LogP contribution in [0.3, 0.4) is 0 Å². The second-order valence-electron chi connectivity index (χ2n) is 10.2. The van der Waals surface area contributed by atoms with Crippen molar-refractivity contribution in [3.8, 4) is 17.2 Å². The van der Waals surface area contributed by atoms with Gasteiger partial charge in [0.15, 0.2) is 10.9 Å². The number of thiophene rings is 1. The second-order valence-corrected chi connectivity index (χ2v) is 13.0. The largest absolute Gasteiger partial charge is 0.496 e. The van der Waals surface area contributed by atoms with Crippen LogP contribution in [0.25, 0.3) is 15.9 Å². The summed E-state index contributed by atoms with van der Waals surface area (Å²) in [4.78, 5) is 36.8. The number of thioether (sulfide) groups is 1. The van der Waals surface area contributed by atoms with E-state index in [1.165, 1.54) is 22.2 Å². The number of aromatic nitrogens is 2. The van der Waals surface area contributed by atoms with Crippen LogP contribution in [0.1, 0.15) is 33.3 Å². The minimum Gasteiger partial charge on any atom is -0.496 e. The highest BCUT2D eigenvalue weighted by atomic mass is 79.9. The number of ketones is 1. The number of rotatable bonds is 10. The molecule has 1 aliphatic heterocycles. The SMILES string of the molecule is CCOc1ccc(-n2c(SCC(=O)c3ccc(OC)c(Br)c3)nc3sc4c(c3c2=O)CCN(Cc2ccccc2)C4)cc1. The molecule has 0 saturated carbocycles. The topological polar surface area (TPSA) is 73.7 Å². The number of hydrogen-bond donors (Lipinski definition) is 0. The predicted octanol–water partition coefficient (Wildman–Crippen LogP) is 7.15. The number of benzene rings is 3. The van der Waals surface area contributed by atoms with E-state index in [4.69, 9.17) is 14.5 Å². The van der Waals surface area contributed by atoms with Crippen molar-refractivity contribution in [2.75, 3.05) is 26.0 Å². The fourth-order valence-electron chi connectivity index (χ4n) is 5.29. The number of hydrogen-bond acceptors (Lipinski definition) is 8. The zero-order chi connectivity index (χ0) is 29.9. The van der Waals surface area contributed by atoms with Gasteiger partial charge >= 0.3 is 0 Å². The van der Waals surface area contributed by atoms with E-state index in [9.17, 15) is 9.59 Å². The molecule has 2 aromatic heterocycles. The maximum absolute atomic E-state index is 14.3. The molecule has 3 heterocycles. The molecule has 220 valence electrons. The van der Waals surface area contributed by atoms with Gasteiger partial charge < -0.3 is 9.47 Å². The minimum atomic E-state index is -0.106. The molecule has 0 spiro atoms. The van der Waals surface area contributed by atoms with Crippen LogP contribution in [-0.4, -0.2) is 46.2 Å². The molecule has 7 nitrogen and oxygen atoms in total. The number of nitrogens with zero attached hydrogens (tertiary/aromatic N) is 3. The zero-order valence-electron chi connectivity index (χ0n) is 23.8. The summed E-state index contributed by atoms with van der Waals surface area (Å²) in [5.74, 6) is 1.45. The lowest BCUT2D eigenvalue weighted by Crippen LogP contribution is -2.30. The van der Waals surface area contributed by atoms with Gasteiger partial charge in [0.25, 0.3) is 5.56 Å². The van der Waals surface area contributed by atoms with Crippen molar-refractivity contribution in [2.24, 2.45) is 0 Å². The Hall–Kier alpha value is -3.44. The standard InChI is InChI=1S/C33H30BrN3O4S2/c1-3-41-24-12-10-23(11-13-24)37-32(39)30-25-15-16-36(18-21-7-5-4-6-8-21)19-29(25)43-31(30)35-33(37)42-20-27(38)22-9-14-28(40-2)26(34)17-22/h4-14,17H,3,15-16,18-20H2,1-2H3. The number of carbonyl (C=O) groups is 1. The third kappa shape index (κ3) is 6.28. The Morgan fingerprint density at radius 2 is 1.88 bits per heavy atom. The fourth-order valence-corrected chi connectivity index (χ4v) is 8.04. The summed E-state index contributed by atoms with van der Waals surface area (Å²) in [5, 5.41) is 1.17. The van der Waals surface area contributed by atoms with Gasteiger partial charge in [-0.2, -0.15) is 0 Å². The van der Waals surface area contributed by atoms with Crippen molar-refractivity contribution in [3.63, 3.8) is 0 Å². The summed E-state index contributed by atoms with van der Waals surface area (Å²) in [5.41, 5.74) is 3.51. The van der Waals surface area contributed by atoms with E-state index < -0.39 is 0 Å². The Morgan fingerprint density at radius 3 is 2.60 bits per heavy atom. The van der Waals surface area contributed by atoms with Gasteiger partial charge in [-0.25, -0.2) is 4.98 Å². The van der Waals surface area contributed by atoms with Crippen molar-refractivity contribution in [3.05, 3.63) is 109 Å². The lowest BCUT2D eigenvalue weighted by molar-refractivity contribution is 0.102. The van der Waals surface area contributed by atoms with Crippen LogP contribution >= 0.6 is 39.0 Å². The Balaban J connectivity index is 1.35. The molecule has 0 amide bonds. The lowest BCUT2D eigenvalue weighted by atomic mass is 10.0. The van der Waals surface area contributed by atoms with E-state index in [0.29, 0.717) is 38.6 Å². The van der Waals surface area contributed by atoms with Crippen LogP contribution in [-0.2, 0) is 19.5 Å². The highest BCUT2D eigenvalue weighted by Gasteiger charge is 2.26. The van der Waals surface area contributed by atoms with E-state index in [2.05, 4.69) is 45.1 Å². The number of ether oxygens (including phenoxy) is 2. The molecule has 0 saturated heterocycles. The van der Waals surface area contributed by atoms with E-state index in [1.54, 1.807) is 41.2 Å². The molecule has 0 radical (unpaired) electrons.